The van der Waals surface area contributed by atoms with Crippen molar-refractivity contribution in [2.45, 2.75) is 19.9 Å². The number of hydrogen-bond donors (Lipinski definition) is 3. The molecule has 0 unspecified atom stereocenters. The molecule has 0 aliphatic carbocycles. The molecule has 1 aliphatic rings. The molecule has 0 atom stereocenters. The van der Waals surface area contributed by atoms with Crippen molar-refractivity contribution in [3.05, 3.63) is 60.2 Å². The van der Waals surface area contributed by atoms with Crippen LogP contribution in [0.1, 0.15) is 24.2 Å². The maximum absolute atomic E-state index is 12.8. The highest BCUT2D eigenvalue weighted by molar-refractivity contribution is 6.00. The molecule has 4 amide bonds. The summed E-state index contributed by atoms with van der Waals surface area (Å²) in [5.74, 6) is -0.0410. The van der Waals surface area contributed by atoms with E-state index < -0.39 is 0 Å². The Kier molecular flexibility index (Phi) is 7.61. The molecule has 2 aromatic carbocycles. The maximum atomic E-state index is 12.8. The molecular formula is C23H29N5O3. The van der Waals surface area contributed by atoms with E-state index in [0.717, 1.165) is 0 Å². The number of nitrogens with zero attached hydrogens (tertiary/aromatic N) is 2. The second-order valence-corrected chi connectivity index (χ2v) is 7.81. The fraction of sp³-hybridized carbons (Fsp3) is 0.348. The number of piperazine rings is 1. The van der Waals surface area contributed by atoms with E-state index in [1.807, 2.05) is 32.0 Å². The van der Waals surface area contributed by atoms with Gasteiger partial charge in [-0.15, -0.1) is 0 Å². The number of nitrogens with one attached hydrogen (secondary N) is 3. The Morgan fingerprint density at radius 3 is 2.00 bits per heavy atom. The molecule has 1 heterocycles. The van der Waals surface area contributed by atoms with Gasteiger partial charge >= 0.3 is 6.03 Å². The van der Waals surface area contributed by atoms with Crippen molar-refractivity contribution in [3.8, 4) is 0 Å². The van der Waals surface area contributed by atoms with Crippen molar-refractivity contribution in [3.63, 3.8) is 0 Å². The summed E-state index contributed by atoms with van der Waals surface area (Å²) in [4.78, 5) is 40.6. The first kappa shape index (κ1) is 22.3. The SMILES string of the molecule is CC(C)NC(=O)CN1CCN(C(=O)c2ccc(NC(=O)Nc3ccccc3)cc2)CC1. The van der Waals surface area contributed by atoms with Gasteiger partial charge in [-0.25, -0.2) is 4.79 Å². The number of carbonyl (C=O) groups excluding carboxylic acids is 3. The molecule has 8 nitrogen and oxygen atoms in total. The van der Waals surface area contributed by atoms with Gasteiger partial charge in [0.1, 0.15) is 0 Å². The van der Waals surface area contributed by atoms with Crippen LogP contribution in [-0.2, 0) is 4.79 Å². The van der Waals surface area contributed by atoms with Gasteiger partial charge in [0.05, 0.1) is 6.54 Å². The van der Waals surface area contributed by atoms with Crippen molar-refractivity contribution < 1.29 is 14.4 Å². The molecule has 164 valence electrons. The van der Waals surface area contributed by atoms with Gasteiger partial charge in [-0.1, -0.05) is 18.2 Å². The van der Waals surface area contributed by atoms with E-state index in [1.165, 1.54) is 0 Å². The number of urea groups is 1. The third kappa shape index (κ3) is 6.82. The summed E-state index contributed by atoms with van der Waals surface area (Å²) in [6, 6.07) is 15.8. The van der Waals surface area contributed by atoms with Gasteiger partial charge in [-0.2, -0.15) is 0 Å². The fourth-order valence-corrected chi connectivity index (χ4v) is 3.37. The zero-order valence-corrected chi connectivity index (χ0v) is 17.9. The molecule has 3 rings (SSSR count). The topological polar surface area (TPSA) is 93.8 Å². The van der Waals surface area contributed by atoms with Crippen LogP contribution < -0.4 is 16.0 Å². The van der Waals surface area contributed by atoms with Crippen LogP contribution in [0, 0.1) is 0 Å². The summed E-state index contributed by atoms with van der Waals surface area (Å²) in [7, 11) is 0. The average Bonchev–Trinajstić information content (AvgIpc) is 2.74. The predicted octanol–water partition coefficient (Wildman–Crippen LogP) is 2.61. The summed E-state index contributed by atoms with van der Waals surface area (Å²) in [5, 5.41) is 8.39. The van der Waals surface area contributed by atoms with E-state index in [9.17, 15) is 14.4 Å². The minimum Gasteiger partial charge on any atom is -0.353 e. The van der Waals surface area contributed by atoms with Crippen molar-refractivity contribution in [2.24, 2.45) is 0 Å². The lowest BCUT2D eigenvalue weighted by atomic mass is 10.1. The van der Waals surface area contributed by atoms with Gasteiger partial charge in [0, 0.05) is 49.2 Å². The van der Waals surface area contributed by atoms with Crippen molar-refractivity contribution in [1.82, 2.24) is 15.1 Å². The molecule has 2 aromatic rings. The smallest absolute Gasteiger partial charge is 0.323 e. The first-order chi connectivity index (χ1) is 14.9. The van der Waals surface area contributed by atoms with Gasteiger partial charge in [0.25, 0.3) is 5.91 Å². The number of para-hydroxylation sites is 1. The largest absolute Gasteiger partial charge is 0.353 e. The second kappa shape index (κ2) is 10.6. The molecule has 1 aliphatic heterocycles. The summed E-state index contributed by atoms with van der Waals surface area (Å²) >= 11 is 0. The molecule has 0 radical (unpaired) electrons. The average molecular weight is 424 g/mol. The summed E-state index contributed by atoms with van der Waals surface area (Å²) < 4.78 is 0. The number of hydrogen-bond acceptors (Lipinski definition) is 4. The Morgan fingerprint density at radius 2 is 1.42 bits per heavy atom. The molecule has 0 spiro atoms. The van der Waals surface area contributed by atoms with Crippen molar-refractivity contribution >= 4 is 29.2 Å². The first-order valence-corrected chi connectivity index (χ1v) is 10.4. The standard InChI is InChI=1S/C23H29N5O3/c1-17(2)24-21(29)16-27-12-14-28(15-13-27)22(30)18-8-10-20(11-9-18)26-23(31)25-19-6-4-3-5-7-19/h3-11,17H,12-16H2,1-2H3,(H,24,29)(H2,25,26,31). The van der Waals surface area contributed by atoms with Crippen LogP contribution in [0.3, 0.4) is 0 Å². The minimum atomic E-state index is -0.345. The van der Waals surface area contributed by atoms with Crippen LogP contribution in [-0.4, -0.2) is 66.4 Å². The Hall–Kier alpha value is -3.39. The zero-order chi connectivity index (χ0) is 22.2. The second-order valence-electron chi connectivity index (χ2n) is 7.81. The van der Waals surface area contributed by atoms with Crippen LogP contribution in [0.2, 0.25) is 0 Å². The number of carbonyl (C=O) groups is 3. The predicted molar refractivity (Wildman–Crippen MR) is 121 cm³/mol. The summed E-state index contributed by atoms with van der Waals surface area (Å²) in [6.45, 7) is 6.70. The number of benzene rings is 2. The lowest BCUT2D eigenvalue weighted by Gasteiger charge is -2.34. The highest BCUT2D eigenvalue weighted by Crippen LogP contribution is 2.14. The first-order valence-electron chi connectivity index (χ1n) is 10.4. The quantitative estimate of drug-likeness (QED) is 0.666. The Balaban J connectivity index is 1.47. The molecule has 0 aromatic heterocycles. The maximum Gasteiger partial charge on any atom is 0.323 e. The van der Waals surface area contributed by atoms with Gasteiger partial charge in [-0.3, -0.25) is 14.5 Å². The molecule has 1 saturated heterocycles. The lowest BCUT2D eigenvalue weighted by Crippen LogP contribution is -2.51. The van der Waals surface area contributed by atoms with Gasteiger partial charge in [0.2, 0.25) is 5.91 Å². The molecule has 3 N–H and O–H groups in total. The van der Waals surface area contributed by atoms with Gasteiger partial charge in [0.15, 0.2) is 0 Å². The third-order valence-electron chi connectivity index (χ3n) is 4.90. The van der Waals surface area contributed by atoms with Crippen LogP contribution in [0.4, 0.5) is 16.2 Å². The molecular weight excluding hydrogens is 394 g/mol. The number of rotatable bonds is 6. The van der Waals surface area contributed by atoms with E-state index in [2.05, 4.69) is 20.9 Å². The molecule has 1 fully saturated rings. The van der Waals surface area contributed by atoms with Crippen molar-refractivity contribution in [1.29, 1.82) is 0 Å². The summed E-state index contributed by atoms with van der Waals surface area (Å²) in [6.07, 6.45) is 0. The van der Waals surface area contributed by atoms with Crippen LogP contribution in [0.5, 0.6) is 0 Å². The van der Waals surface area contributed by atoms with E-state index in [0.29, 0.717) is 49.7 Å². The normalized spacial score (nSPS) is 14.2. The molecule has 31 heavy (non-hydrogen) atoms. The molecule has 0 bridgehead atoms. The summed E-state index contributed by atoms with van der Waals surface area (Å²) in [5.41, 5.74) is 1.87. The monoisotopic (exact) mass is 423 g/mol. The number of anilines is 2. The Labute approximate surface area is 182 Å². The van der Waals surface area contributed by atoms with Crippen LogP contribution >= 0.6 is 0 Å². The zero-order valence-electron chi connectivity index (χ0n) is 17.9. The highest BCUT2D eigenvalue weighted by atomic mass is 16.2. The van der Waals surface area contributed by atoms with Crippen LogP contribution in [0.15, 0.2) is 54.6 Å². The highest BCUT2D eigenvalue weighted by Gasteiger charge is 2.23. The van der Waals surface area contributed by atoms with Crippen LogP contribution in [0.25, 0.3) is 0 Å². The Bertz CT molecular complexity index is 891. The minimum absolute atomic E-state index is 0.00849. The van der Waals surface area contributed by atoms with E-state index in [-0.39, 0.29) is 23.9 Å². The lowest BCUT2D eigenvalue weighted by molar-refractivity contribution is -0.123. The van der Waals surface area contributed by atoms with Gasteiger partial charge in [-0.05, 0) is 50.2 Å². The molecule has 8 heteroatoms. The molecule has 0 saturated carbocycles. The fourth-order valence-electron chi connectivity index (χ4n) is 3.37. The van der Waals surface area contributed by atoms with E-state index in [1.54, 1.807) is 41.3 Å². The number of amides is 4. The Morgan fingerprint density at radius 1 is 0.839 bits per heavy atom. The van der Waals surface area contributed by atoms with Crippen molar-refractivity contribution in [2.75, 3.05) is 43.4 Å². The third-order valence-corrected chi connectivity index (χ3v) is 4.90. The van der Waals surface area contributed by atoms with E-state index >= 15 is 0 Å². The van der Waals surface area contributed by atoms with E-state index in [4.69, 9.17) is 0 Å². The van der Waals surface area contributed by atoms with Gasteiger partial charge < -0.3 is 20.9 Å².